The molecular weight excluding hydrogens is 476 g/mol. The number of hydrogen-bond acceptors (Lipinski definition) is 8. The lowest BCUT2D eigenvalue weighted by molar-refractivity contribution is -0.113. The Balaban J connectivity index is 1.30. The van der Waals surface area contributed by atoms with Gasteiger partial charge in [0.15, 0.2) is 0 Å². The zero-order valence-electron chi connectivity index (χ0n) is 18.1. The fraction of sp³-hybridized carbons (Fsp3) is 0.0435. The number of nitrogens with two attached hydrogens (primary N) is 1. The molecule has 35 heavy (non-hydrogen) atoms. The molecule has 4 N–H and O–H groups in total. The number of ether oxygens (including phenoxy) is 1. The van der Waals surface area contributed by atoms with Crippen LogP contribution in [0.2, 0.25) is 0 Å². The number of carbonyl (C=O) groups is 1. The molecule has 12 heteroatoms. The summed E-state index contributed by atoms with van der Waals surface area (Å²) in [5.74, 6) is 5.23. The van der Waals surface area contributed by atoms with Crippen LogP contribution in [0.5, 0.6) is 11.5 Å². The minimum absolute atomic E-state index is 0.121. The highest BCUT2D eigenvalue weighted by atomic mass is 32.2. The summed E-state index contributed by atoms with van der Waals surface area (Å²) in [5.41, 5.74) is 3.33. The van der Waals surface area contributed by atoms with Crippen molar-refractivity contribution in [3.8, 4) is 11.5 Å². The molecule has 0 unspecified atom stereocenters. The second-order valence-corrected chi connectivity index (χ2v) is 7.94. The summed E-state index contributed by atoms with van der Waals surface area (Å²) < 4.78 is 33.6. The average molecular weight is 496 g/mol. The normalized spacial score (nSPS) is 10.9. The van der Waals surface area contributed by atoms with Crippen molar-refractivity contribution in [1.82, 2.24) is 14.9 Å². The molecule has 0 aliphatic heterocycles. The van der Waals surface area contributed by atoms with E-state index in [1.54, 1.807) is 6.21 Å². The van der Waals surface area contributed by atoms with Gasteiger partial charge in [-0.2, -0.15) is 5.10 Å². The van der Waals surface area contributed by atoms with Crippen LogP contribution in [0.4, 0.5) is 20.4 Å². The summed E-state index contributed by atoms with van der Waals surface area (Å²) in [6.07, 6.45) is 1.56. The largest absolute Gasteiger partial charge is 0.457 e. The van der Waals surface area contributed by atoms with Gasteiger partial charge in [-0.05, 0) is 42.0 Å². The molecule has 0 aliphatic rings. The first kappa shape index (κ1) is 23.7. The second-order valence-electron chi connectivity index (χ2n) is 6.99. The van der Waals surface area contributed by atoms with Crippen LogP contribution in [0.15, 0.2) is 83.1 Å². The first-order valence-corrected chi connectivity index (χ1v) is 11.2. The highest BCUT2D eigenvalue weighted by Gasteiger charge is 2.13. The van der Waals surface area contributed by atoms with Gasteiger partial charge >= 0.3 is 0 Å². The topological polar surface area (TPSA) is 119 Å². The average Bonchev–Trinajstić information content (AvgIpc) is 3.20. The van der Waals surface area contributed by atoms with E-state index < -0.39 is 17.5 Å². The van der Waals surface area contributed by atoms with Crippen molar-refractivity contribution in [1.29, 1.82) is 0 Å². The lowest BCUT2D eigenvalue weighted by Gasteiger charge is -2.06. The molecule has 0 radical (unpaired) electrons. The molecule has 1 amide bonds. The Labute approximate surface area is 203 Å². The number of para-hydroxylation sites is 1. The van der Waals surface area contributed by atoms with Crippen LogP contribution in [-0.2, 0) is 4.79 Å². The summed E-state index contributed by atoms with van der Waals surface area (Å²) in [6, 6.07) is 19.6. The van der Waals surface area contributed by atoms with Crippen molar-refractivity contribution >= 4 is 35.5 Å². The predicted molar refractivity (Wildman–Crippen MR) is 130 cm³/mol. The SMILES string of the molecule is Nn1c(N/N=C/c2cccc(Oc3ccccc3)c2)nnc1SCC(=O)Nc1ccc(F)cc1F. The van der Waals surface area contributed by atoms with E-state index in [0.29, 0.717) is 11.8 Å². The molecule has 0 spiro atoms. The smallest absolute Gasteiger partial charge is 0.264 e. The van der Waals surface area contributed by atoms with Crippen molar-refractivity contribution in [2.45, 2.75) is 5.16 Å². The van der Waals surface area contributed by atoms with E-state index in [4.69, 9.17) is 10.6 Å². The van der Waals surface area contributed by atoms with Gasteiger partial charge in [-0.25, -0.2) is 18.9 Å². The van der Waals surface area contributed by atoms with Crippen LogP contribution in [0, 0.1) is 11.6 Å². The molecule has 4 aromatic rings. The number of anilines is 2. The zero-order chi connectivity index (χ0) is 24.6. The Morgan fingerprint density at radius 2 is 1.86 bits per heavy atom. The third-order valence-corrected chi connectivity index (χ3v) is 5.36. The molecule has 3 aromatic carbocycles. The number of halogens is 2. The molecule has 0 saturated heterocycles. The molecule has 0 fully saturated rings. The molecule has 0 saturated carbocycles. The summed E-state index contributed by atoms with van der Waals surface area (Å²) in [7, 11) is 0. The third-order valence-electron chi connectivity index (χ3n) is 4.42. The van der Waals surface area contributed by atoms with Crippen molar-refractivity contribution in [3.63, 3.8) is 0 Å². The molecule has 4 rings (SSSR count). The Morgan fingerprint density at radius 1 is 1.06 bits per heavy atom. The number of hydrazone groups is 1. The van der Waals surface area contributed by atoms with E-state index in [1.807, 2.05) is 54.6 Å². The van der Waals surface area contributed by atoms with E-state index >= 15 is 0 Å². The molecule has 0 bridgehead atoms. The van der Waals surface area contributed by atoms with E-state index in [-0.39, 0.29) is 22.5 Å². The molecule has 0 atom stereocenters. The van der Waals surface area contributed by atoms with Crippen LogP contribution < -0.4 is 21.3 Å². The first-order valence-electron chi connectivity index (χ1n) is 10.2. The quantitative estimate of drug-likeness (QED) is 0.138. The summed E-state index contributed by atoms with van der Waals surface area (Å²) >= 11 is 0.984. The lowest BCUT2D eigenvalue weighted by atomic mass is 10.2. The lowest BCUT2D eigenvalue weighted by Crippen LogP contribution is -2.17. The van der Waals surface area contributed by atoms with E-state index in [9.17, 15) is 13.6 Å². The predicted octanol–water partition coefficient (Wildman–Crippen LogP) is 4.24. The number of rotatable bonds is 9. The van der Waals surface area contributed by atoms with Gasteiger partial charge in [-0.3, -0.25) is 4.79 Å². The number of nitrogen functional groups attached to an aromatic ring is 1. The molecule has 178 valence electrons. The van der Waals surface area contributed by atoms with Gasteiger partial charge in [0.25, 0.3) is 5.95 Å². The van der Waals surface area contributed by atoms with Gasteiger partial charge in [0.05, 0.1) is 17.7 Å². The molecule has 0 aliphatic carbocycles. The fourth-order valence-electron chi connectivity index (χ4n) is 2.81. The van der Waals surface area contributed by atoms with Gasteiger partial charge < -0.3 is 15.9 Å². The third kappa shape index (κ3) is 6.54. The molecule has 1 aromatic heterocycles. The summed E-state index contributed by atoms with van der Waals surface area (Å²) in [5, 5.41) is 14.5. The standard InChI is InChI=1S/C23H19F2N7O2S/c24-16-9-10-20(19(25)12-16)28-21(33)14-35-23-31-30-22(32(23)26)29-27-13-15-5-4-8-18(11-15)34-17-6-2-1-3-7-17/h1-13H,14,26H2,(H,28,33)(H,29,30)/b27-13+. The number of nitrogens with zero attached hydrogens (tertiary/aromatic N) is 4. The highest BCUT2D eigenvalue weighted by molar-refractivity contribution is 7.99. The van der Waals surface area contributed by atoms with Gasteiger partial charge in [-0.1, -0.05) is 42.1 Å². The molecule has 9 nitrogen and oxygen atoms in total. The zero-order valence-corrected chi connectivity index (χ0v) is 18.9. The number of aromatic nitrogens is 3. The fourth-order valence-corrected chi connectivity index (χ4v) is 3.46. The van der Waals surface area contributed by atoms with Crippen LogP contribution in [-0.4, -0.2) is 32.7 Å². The number of nitrogens with one attached hydrogen (secondary N) is 2. The number of amides is 1. The van der Waals surface area contributed by atoms with Crippen molar-refractivity contribution in [3.05, 3.63) is 90.0 Å². The van der Waals surface area contributed by atoms with Crippen LogP contribution in [0.1, 0.15) is 5.56 Å². The van der Waals surface area contributed by atoms with E-state index in [1.165, 1.54) is 0 Å². The second kappa shape index (κ2) is 11.1. The van der Waals surface area contributed by atoms with Gasteiger partial charge in [0.1, 0.15) is 23.1 Å². The Bertz CT molecular complexity index is 1350. The monoisotopic (exact) mass is 495 g/mol. The first-order chi connectivity index (χ1) is 17.0. The minimum atomic E-state index is -0.869. The van der Waals surface area contributed by atoms with Crippen LogP contribution in [0.25, 0.3) is 0 Å². The van der Waals surface area contributed by atoms with Crippen molar-refractivity contribution < 1.29 is 18.3 Å². The highest BCUT2D eigenvalue weighted by Crippen LogP contribution is 2.22. The number of benzene rings is 3. The minimum Gasteiger partial charge on any atom is -0.457 e. The van der Waals surface area contributed by atoms with Gasteiger partial charge in [0, 0.05) is 6.07 Å². The maximum Gasteiger partial charge on any atom is 0.264 e. The molecular formula is C23H19F2N7O2S. The maximum absolute atomic E-state index is 13.7. The van der Waals surface area contributed by atoms with Gasteiger partial charge in [-0.15, -0.1) is 10.2 Å². The van der Waals surface area contributed by atoms with Gasteiger partial charge in [0.2, 0.25) is 11.1 Å². The van der Waals surface area contributed by atoms with Crippen LogP contribution in [0.3, 0.4) is 0 Å². The van der Waals surface area contributed by atoms with Crippen LogP contribution >= 0.6 is 11.8 Å². The Kier molecular flexibility index (Phi) is 7.53. The van der Waals surface area contributed by atoms with Crippen molar-refractivity contribution in [2.75, 3.05) is 22.3 Å². The number of hydrogen-bond donors (Lipinski definition) is 3. The molecule has 1 heterocycles. The van der Waals surface area contributed by atoms with E-state index in [2.05, 4.69) is 26.0 Å². The number of thioether (sulfide) groups is 1. The summed E-state index contributed by atoms with van der Waals surface area (Å²) in [4.78, 5) is 12.1. The summed E-state index contributed by atoms with van der Waals surface area (Å²) in [6.45, 7) is 0. The maximum atomic E-state index is 13.7. The Morgan fingerprint density at radius 3 is 2.66 bits per heavy atom. The Hall–Kier alpha value is -4.45. The van der Waals surface area contributed by atoms with Crippen molar-refractivity contribution in [2.24, 2.45) is 5.10 Å². The number of carbonyl (C=O) groups excluding carboxylic acids is 1. The van der Waals surface area contributed by atoms with E-state index in [0.717, 1.165) is 39.9 Å².